The average molecular weight is 388 g/mol. The molecule has 0 saturated heterocycles. The van der Waals surface area contributed by atoms with E-state index in [1.165, 1.54) is 32.0 Å². The standard InChI is InChI=1S/C19H18ClN3O4/c1-9-16(11(3)24)10(2)22-17(9)19(26)27-12(4)18(25)23-14-6-5-13(8-21)15(20)7-14/h5-7,12,22H,1-4H3,(H,23,25)/t12-/m1/s1. The van der Waals surface area contributed by atoms with Crippen LogP contribution < -0.4 is 5.32 Å². The zero-order chi connectivity index (χ0) is 20.3. The number of carbonyl (C=O) groups excluding carboxylic acids is 3. The number of ether oxygens (including phenoxy) is 1. The molecule has 0 spiro atoms. The first-order valence-electron chi connectivity index (χ1n) is 8.07. The highest BCUT2D eigenvalue weighted by atomic mass is 35.5. The number of nitrogens with one attached hydrogen (secondary N) is 2. The van der Waals surface area contributed by atoms with E-state index in [-0.39, 0.29) is 22.1 Å². The van der Waals surface area contributed by atoms with E-state index < -0.39 is 18.0 Å². The van der Waals surface area contributed by atoms with Gasteiger partial charge in [0, 0.05) is 16.9 Å². The number of ketones is 1. The van der Waals surface area contributed by atoms with Crippen molar-refractivity contribution in [2.45, 2.75) is 33.8 Å². The Morgan fingerprint density at radius 3 is 2.48 bits per heavy atom. The molecular formula is C19H18ClN3O4. The number of aryl methyl sites for hydroxylation is 1. The van der Waals surface area contributed by atoms with Crippen LogP contribution in [-0.2, 0) is 9.53 Å². The van der Waals surface area contributed by atoms with Gasteiger partial charge in [0.2, 0.25) is 0 Å². The van der Waals surface area contributed by atoms with E-state index in [0.29, 0.717) is 22.5 Å². The van der Waals surface area contributed by atoms with Crippen LogP contribution in [0.2, 0.25) is 5.02 Å². The smallest absolute Gasteiger partial charge is 0.355 e. The zero-order valence-corrected chi connectivity index (χ0v) is 16.0. The SMILES string of the molecule is CC(=O)c1c(C)[nH]c(C(=O)O[C@H](C)C(=O)Nc2ccc(C#N)c(Cl)c2)c1C. The van der Waals surface area contributed by atoms with Gasteiger partial charge in [-0.25, -0.2) is 4.79 Å². The van der Waals surface area contributed by atoms with Crippen LogP contribution in [0, 0.1) is 25.2 Å². The highest BCUT2D eigenvalue weighted by molar-refractivity contribution is 6.32. The Hall–Kier alpha value is -3.11. The van der Waals surface area contributed by atoms with Crippen LogP contribution in [0.1, 0.15) is 51.5 Å². The fourth-order valence-corrected chi connectivity index (χ4v) is 2.91. The second kappa shape index (κ2) is 8.06. The number of carbonyl (C=O) groups is 3. The van der Waals surface area contributed by atoms with Crippen molar-refractivity contribution in [1.82, 2.24) is 4.98 Å². The summed E-state index contributed by atoms with van der Waals surface area (Å²) in [6.07, 6.45) is -1.09. The van der Waals surface area contributed by atoms with Gasteiger partial charge in [0.05, 0.1) is 10.6 Å². The number of nitriles is 1. The maximum Gasteiger partial charge on any atom is 0.355 e. The molecule has 1 aromatic heterocycles. The van der Waals surface area contributed by atoms with Crippen molar-refractivity contribution in [3.8, 4) is 6.07 Å². The second-order valence-electron chi connectivity index (χ2n) is 6.02. The molecule has 1 heterocycles. The number of benzene rings is 1. The Kier molecular flexibility index (Phi) is 6.03. The van der Waals surface area contributed by atoms with Crippen LogP contribution in [-0.4, -0.2) is 28.7 Å². The topological polar surface area (TPSA) is 112 Å². The summed E-state index contributed by atoms with van der Waals surface area (Å²) in [5.74, 6) is -1.45. The molecule has 0 saturated carbocycles. The van der Waals surface area contributed by atoms with Crippen molar-refractivity contribution in [3.05, 3.63) is 51.3 Å². The summed E-state index contributed by atoms with van der Waals surface area (Å²) in [6.45, 7) is 6.16. The molecule has 2 N–H and O–H groups in total. The van der Waals surface area contributed by atoms with Crippen LogP contribution >= 0.6 is 11.6 Å². The van der Waals surface area contributed by atoms with Crippen molar-refractivity contribution in [2.24, 2.45) is 0 Å². The molecule has 0 aliphatic heterocycles. The first kappa shape index (κ1) is 20.2. The van der Waals surface area contributed by atoms with E-state index in [9.17, 15) is 14.4 Å². The van der Waals surface area contributed by atoms with Gasteiger partial charge < -0.3 is 15.0 Å². The quantitative estimate of drug-likeness (QED) is 0.601. The molecule has 7 nitrogen and oxygen atoms in total. The Morgan fingerprint density at radius 2 is 1.96 bits per heavy atom. The number of Topliss-reactive ketones (excluding diaryl/α,β-unsaturated/α-hetero) is 1. The molecule has 0 aliphatic rings. The molecule has 0 aliphatic carbocycles. The van der Waals surface area contributed by atoms with E-state index in [0.717, 1.165) is 0 Å². The Labute approximate surface area is 161 Å². The Bertz CT molecular complexity index is 972. The lowest BCUT2D eigenvalue weighted by Gasteiger charge is -2.14. The number of H-pyrrole nitrogens is 1. The van der Waals surface area contributed by atoms with Crippen molar-refractivity contribution in [1.29, 1.82) is 5.26 Å². The van der Waals surface area contributed by atoms with E-state index in [2.05, 4.69) is 10.3 Å². The summed E-state index contributed by atoms with van der Waals surface area (Å²) in [4.78, 5) is 39.1. The number of amides is 1. The van der Waals surface area contributed by atoms with Gasteiger partial charge in [0.15, 0.2) is 11.9 Å². The molecule has 1 aromatic carbocycles. The Morgan fingerprint density at radius 1 is 1.30 bits per heavy atom. The Balaban J connectivity index is 2.09. The molecule has 0 unspecified atom stereocenters. The minimum absolute atomic E-state index is 0.138. The minimum atomic E-state index is -1.09. The first-order valence-corrected chi connectivity index (χ1v) is 8.45. The summed E-state index contributed by atoms with van der Waals surface area (Å²) in [5, 5.41) is 11.6. The maximum atomic E-state index is 12.4. The summed E-state index contributed by atoms with van der Waals surface area (Å²) in [5.41, 5.74) is 2.28. The van der Waals surface area contributed by atoms with Crippen molar-refractivity contribution in [3.63, 3.8) is 0 Å². The van der Waals surface area contributed by atoms with E-state index in [4.69, 9.17) is 21.6 Å². The predicted molar refractivity (Wildman–Crippen MR) is 99.9 cm³/mol. The van der Waals surface area contributed by atoms with Gasteiger partial charge in [-0.15, -0.1) is 0 Å². The monoisotopic (exact) mass is 387 g/mol. The van der Waals surface area contributed by atoms with Gasteiger partial charge in [-0.2, -0.15) is 5.26 Å². The molecule has 0 fully saturated rings. The van der Waals surface area contributed by atoms with Gasteiger partial charge in [0.25, 0.3) is 5.91 Å². The number of aromatic nitrogens is 1. The van der Waals surface area contributed by atoms with E-state index in [1.54, 1.807) is 13.8 Å². The molecule has 0 bridgehead atoms. The number of nitrogens with zero attached hydrogens (tertiary/aromatic N) is 1. The molecule has 2 rings (SSSR count). The molecule has 0 radical (unpaired) electrons. The summed E-state index contributed by atoms with van der Waals surface area (Å²) >= 11 is 5.93. The normalized spacial score (nSPS) is 11.4. The number of hydrogen-bond acceptors (Lipinski definition) is 5. The number of rotatable bonds is 5. The van der Waals surface area contributed by atoms with Crippen molar-refractivity contribution >= 4 is 34.9 Å². The molecule has 1 atom stereocenters. The molecule has 2 aromatic rings. The number of hydrogen-bond donors (Lipinski definition) is 2. The van der Waals surface area contributed by atoms with E-state index >= 15 is 0 Å². The lowest BCUT2D eigenvalue weighted by Crippen LogP contribution is -2.30. The fourth-order valence-electron chi connectivity index (χ4n) is 2.68. The highest BCUT2D eigenvalue weighted by Gasteiger charge is 2.24. The summed E-state index contributed by atoms with van der Waals surface area (Å²) in [6, 6.07) is 6.35. The van der Waals surface area contributed by atoms with Crippen LogP contribution in [0.4, 0.5) is 5.69 Å². The third-order valence-electron chi connectivity index (χ3n) is 4.00. The number of anilines is 1. The van der Waals surface area contributed by atoms with Crippen LogP contribution in [0.5, 0.6) is 0 Å². The lowest BCUT2D eigenvalue weighted by atomic mass is 10.1. The van der Waals surface area contributed by atoms with Gasteiger partial charge in [-0.1, -0.05) is 11.6 Å². The molecule has 1 amide bonds. The van der Waals surface area contributed by atoms with Crippen LogP contribution in [0.3, 0.4) is 0 Å². The first-order chi connectivity index (χ1) is 12.6. The highest BCUT2D eigenvalue weighted by Crippen LogP contribution is 2.21. The number of halogens is 1. The maximum absolute atomic E-state index is 12.4. The number of aromatic amines is 1. The third-order valence-corrected chi connectivity index (χ3v) is 4.32. The van der Waals surface area contributed by atoms with Crippen LogP contribution in [0.15, 0.2) is 18.2 Å². The number of esters is 1. The van der Waals surface area contributed by atoms with E-state index in [1.807, 2.05) is 6.07 Å². The average Bonchev–Trinajstić information content (AvgIpc) is 2.89. The van der Waals surface area contributed by atoms with Gasteiger partial charge in [-0.3, -0.25) is 9.59 Å². The predicted octanol–water partition coefficient (Wildman–Crippen LogP) is 3.54. The van der Waals surface area contributed by atoms with Crippen molar-refractivity contribution < 1.29 is 19.1 Å². The lowest BCUT2D eigenvalue weighted by molar-refractivity contribution is -0.123. The minimum Gasteiger partial charge on any atom is -0.448 e. The van der Waals surface area contributed by atoms with Gasteiger partial charge in [-0.05, 0) is 51.5 Å². The summed E-state index contributed by atoms with van der Waals surface area (Å²) < 4.78 is 5.20. The molecule has 140 valence electrons. The third kappa shape index (κ3) is 4.36. The molecular weight excluding hydrogens is 370 g/mol. The largest absolute Gasteiger partial charge is 0.448 e. The second-order valence-corrected chi connectivity index (χ2v) is 6.43. The fraction of sp³-hybridized carbons (Fsp3) is 0.263. The van der Waals surface area contributed by atoms with Gasteiger partial charge >= 0.3 is 5.97 Å². The molecule has 8 heteroatoms. The van der Waals surface area contributed by atoms with Crippen LogP contribution in [0.25, 0.3) is 0 Å². The summed E-state index contributed by atoms with van der Waals surface area (Å²) in [7, 11) is 0. The van der Waals surface area contributed by atoms with Gasteiger partial charge in [0.1, 0.15) is 11.8 Å². The van der Waals surface area contributed by atoms with Crippen molar-refractivity contribution in [2.75, 3.05) is 5.32 Å². The zero-order valence-electron chi connectivity index (χ0n) is 15.3. The molecule has 27 heavy (non-hydrogen) atoms.